The highest BCUT2D eigenvalue weighted by molar-refractivity contribution is 7.78. The fraction of sp³-hybridized carbons (Fsp3) is 0.750. The van der Waals surface area contributed by atoms with Gasteiger partial charge in [-0.25, -0.2) is 4.79 Å². The van der Waals surface area contributed by atoms with Crippen molar-refractivity contribution in [3.05, 3.63) is 0 Å². The number of thiocarbonyl (C=S) groups is 1. The van der Waals surface area contributed by atoms with Gasteiger partial charge in [-0.1, -0.05) is 12.2 Å². The van der Waals surface area contributed by atoms with Gasteiger partial charge < -0.3 is 10.2 Å². The summed E-state index contributed by atoms with van der Waals surface area (Å²) in [6, 6.07) is 0.358. The summed E-state index contributed by atoms with van der Waals surface area (Å²) in [6.45, 7) is 3.66. The smallest absolute Gasteiger partial charge is 0.317 e. The van der Waals surface area contributed by atoms with E-state index in [0.29, 0.717) is 6.04 Å². The van der Waals surface area contributed by atoms with Crippen molar-refractivity contribution >= 4 is 23.6 Å². The Morgan fingerprint density at radius 1 is 1.83 bits per heavy atom. The Morgan fingerprint density at radius 2 is 2.58 bits per heavy atom. The zero-order valence-electron chi connectivity index (χ0n) is 7.25. The van der Waals surface area contributed by atoms with Crippen LogP contribution in [0.15, 0.2) is 0 Å². The molecule has 0 aromatic rings. The highest BCUT2D eigenvalue weighted by Gasteiger charge is 2.24. The van der Waals surface area contributed by atoms with Gasteiger partial charge in [0.25, 0.3) is 0 Å². The first-order chi connectivity index (χ1) is 5.74. The third-order valence-corrected chi connectivity index (χ3v) is 2.14. The number of urea groups is 1. The van der Waals surface area contributed by atoms with Gasteiger partial charge in [0.2, 0.25) is 0 Å². The fourth-order valence-electron chi connectivity index (χ4n) is 1.32. The molecule has 0 bridgehead atoms. The number of amides is 2. The molecule has 1 aliphatic rings. The van der Waals surface area contributed by atoms with Crippen LogP contribution in [0.4, 0.5) is 4.79 Å². The summed E-state index contributed by atoms with van der Waals surface area (Å²) in [5.41, 5.74) is 0. The van der Waals surface area contributed by atoms with E-state index in [-0.39, 0.29) is 6.03 Å². The van der Waals surface area contributed by atoms with Crippen molar-refractivity contribution in [2.45, 2.75) is 25.8 Å². The lowest BCUT2D eigenvalue weighted by Gasteiger charge is -2.12. The minimum absolute atomic E-state index is 0.0619. The van der Waals surface area contributed by atoms with E-state index in [0.717, 1.165) is 25.9 Å². The Labute approximate surface area is 78.1 Å². The molecule has 0 saturated carbocycles. The number of hydrogen-bond donors (Lipinski definition) is 1. The van der Waals surface area contributed by atoms with Gasteiger partial charge in [0.15, 0.2) is 0 Å². The summed E-state index contributed by atoms with van der Waals surface area (Å²) < 4.78 is 0. The number of carbonyl (C=O) groups is 1. The average Bonchev–Trinajstić information content (AvgIpc) is 2.31. The monoisotopic (exact) mass is 186 g/mol. The molecule has 1 fully saturated rings. The van der Waals surface area contributed by atoms with Crippen LogP contribution in [-0.4, -0.2) is 35.4 Å². The number of rotatable bonds is 4. The lowest BCUT2D eigenvalue weighted by Crippen LogP contribution is -2.29. The van der Waals surface area contributed by atoms with Crippen molar-refractivity contribution in [1.82, 2.24) is 10.2 Å². The van der Waals surface area contributed by atoms with E-state index in [1.54, 1.807) is 5.37 Å². The lowest BCUT2D eigenvalue weighted by molar-refractivity contribution is 0.217. The number of unbranched alkanes of at least 4 members (excludes halogenated alkanes) is 1. The average molecular weight is 186 g/mol. The Hall–Kier alpha value is -0.640. The van der Waals surface area contributed by atoms with Crippen LogP contribution in [-0.2, 0) is 0 Å². The van der Waals surface area contributed by atoms with Crippen molar-refractivity contribution in [1.29, 1.82) is 0 Å². The van der Waals surface area contributed by atoms with Crippen molar-refractivity contribution in [2.24, 2.45) is 0 Å². The topological polar surface area (TPSA) is 32.3 Å². The summed E-state index contributed by atoms with van der Waals surface area (Å²) in [5.74, 6) is 0. The summed E-state index contributed by atoms with van der Waals surface area (Å²) >= 11 is 4.70. The quantitative estimate of drug-likeness (QED) is 0.528. The Balaban J connectivity index is 2.23. The van der Waals surface area contributed by atoms with Crippen LogP contribution < -0.4 is 5.32 Å². The van der Waals surface area contributed by atoms with Crippen LogP contribution in [0.3, 0.4) is 0 Å². The predicted molar refractivity (Wildman–Crippen MR) is 52.5 cm³/mol. The normalized spacial score (nSPS) is 22.6. The largest absolute Gasteiger partial charge is 0.334 e. The van der Waals surface area contributed by atoms with Gasteiger partial charge >= 0.3 is 6.03 Å². The van der Waals surface area contributed by atoms with E-state index in [1.807, 2.05) is 11.8 Å². The number of carbonyl (C=O) groups excluding carboxylic acids is 1. The first-order valence-corrected chi connectivity index (χ1v) is 4.70. The van der Waals surface area contributed by atoms with Crippen molar-refractivity contribution in [2.75, 3.05) is 13.1 Å². The molecule has 1 unspecified atom stereocenters. The van der Waals surface area contributed by atoms with Gasteiger partial charge in [0, 0.05) is 19.1 Å². The second-order valence-electron chi connectivity index (χ2n) is 3.11. The van der Waals surface area contributed by atoms with Gasteiger partial charge in [-0.05, 0) is 25.1 Å². The van der Waals surface area contributed by atoms with E-state index >= 15 is 0 Å². The number of hydrogen-bond acceptors (Lipinski definition) is 2. The molecule has 1 rings (SSSR count). The van der Waals surface area contributed by atoms with Crippen LogP contribution in [0.1, 0.15) is 19.8 Å². The molecular weight excluding hydrogens is 172 g/mol. The van der Waals surface area contributed by atoms with Crippen LogP contribution >= 0.6 is 12.2 Å². The first-order valence-electron chi connectivity index (χ1n) is 4.23. The number of nitrogens with zero attached hydrogens (tertiary/aromatic N) is 1. The Morgan fingerprint density at radius 3 is 3.08 bits per heavy atom. The second-order valence-corrected chi connectivity index (χ2v) is 3.44. The summed E-state index contributed by atoms with van der Waals surface area (Å²) in [7, 11) is 0. The molecule has 12 heavy (non-hydrogen) atoms. The van der Waals surface area contributed by atoms with Crippen LogP contribution in [0, 0.1) is 0 Å². The van der Waals surface area contributed by atoms with Crippen molar-refractivity contribution in [3.8, 4) is 0 Å². The maximum atomic E-state index is 11.2. The van der Waals surface area contributed by atoms with E-state index in [2.05, 4.69) is 5.32 Å². The predicted octanol–water partition coefficient (Wildman–Crippen LogP) is 1.18. The standard InChI is InChI=1S/C8H14N2OS/c1-7-6-10(8(11)9-7)4-2-3-5-12/h5,7H,2-4,6H2,1H3,(H,9,11). The third-order valence-electron chi connectivity index (χ3n) is 1.90. The van der Waals surface area contributed by atoms with E-state index in [1.165, 1.54) is 0 Å². The second kappa shape index (κ2) is 4.40. The summed E-state index contributed by atoms with van der Waals surface area (Å²) in [4.78, 5) is 13.0. The molecule has 0 aromatic heterocycles. The zero-order chi connectivity index (χ0) is 8.97. The fourth-order valence-corrected chi connectivity index (χ4v) is 1.49. The summed E-state index contributed by atoms with van der Waals surface area (Å²) in [6.07, 6.45) is 1.89. The van der Waals surface area contributed by atoms with E-state index < -0.39 is 0 Å². The number of nitrogens with one attached hydrogen (secondary N) is 1. The zero-order valence-corrected chi connectivity index (χ0v) is 8.06. The van der Waals surface area contributed by atoms with Crippen LogP contribution in [0.25, 0.3) is 0 Å². The Kier molecular flexibility index (Phi) is 3.47. The highest BCUT2D eigenvalue weighted by Crippen LogP contribution is 2.04. The molecule has 0 spiro atoms. The summed E-state index contributed by atoms with van der Waals surface area (Å²) in [5, 5.41) is 4.56. The minimum atomic E-state index is 0.0619. The van der Waals surface area contributed by atoms with Gasteiger partial charge in [-0.2, -0.15) is 0 Å². The molecule has 1 atom stereocenters. The molecule has 0 radical (unpaired) electrons. The molecule has 1 saturated heterocycles. The molecule has 2 amide bonds. The molecule has 1 heterocycles. The van der Waals surface area contributed by atoms with E-state index in [9.17, 15) is 4.79 Å². The van der Waals surface area contributed by atoms with Crippen LogP contribution in [0.2, 0.25) is 0 Å². The lowest BCUT2D eigenvalue weighted by atomic mass is 10.3. The van der Waals surface area contributed by atoms with Gasteiger partial charge in [-0.15, -0.1) is 0 Å². The van der Waals surface area contributed by atoms with Gasteiger partial charge in [0.05, 0.1) is 0 Å². The maximum Gasteiger partial charge on any atom is 0.317 e. The molecule has 4 heteroatoms. The third kappa shape index (κ3) is 2.44. The SMILES string of the molecule is CC1CN(CCCC=S)C(=O)N1. The molecule has 1 N–H and O–H groups in total. The van der Waals surface area contributed by atoms with Gasteiger partial charge in [0.1, 0.15) is 0 Å². The maximum absolute atomic E-state index is 11.2. The molecule has 3 nitrogen and oxygen atoms in total. The molecule has 1 aliphatic heterocycles. The van der Waals surface area contributed by atoms with E-state index in [4.69, 9.17) is 12.2 Å². The molecular formula is C8H14N2OS. The molecule has 0 aromatic carbocycles. The van der Waals surface area contributed by atoms with Crippen molar-refractivity contribution in [3.63, 3.8) is 0 Å². The first kappa shape index (κ1) is 9.45. The van der Waals surface area contributed by atoms with Gasteiger partial charge in [-0.3, -0.25) is 0 Å². The molecule has 68 valence electrons. The Bertz CT molecular complexity index is 184. The molecule has 0 aliphatic carbocycles. The van der Waals surface area contributed by atoms with Crippen molar-refractivity contribution < 1.29 is 4.79 Å². The minimum Gasteiger partial charge on any atom is -0.334 e. The highest BCUT2D eigenvalue weighted by atomic mass is 32.1. The van der Waals surface area contributed by atoms with Crippen LogP contribution in [0.5, 0.6) is 0 Å².